The van der Waals surface area contributed by atoms with Gasteiger partial charge in [-0.3, -0.25) is 4.79 Å². The second-order valence-corrected chi connectivity index (χ2v) is 9.55. The number of nitrogens with one attached hydrogen (secondary N) is 3. The number of carbonyl (C=O) groups excluding carboxylic acids is 1. The number of aromatic amines is 1. The van der Waals surface area contributed by atoms with E-state index in [4.69, 9.17) is 0 Å². The van der Waals surface area contributed by atoms with Crippen molar-refractivity contribution in [2.45, 2.75) is 24.3 Å². The molecular formula is C25H24FN3O3S. The van der Waals surface area contributed by atoms with E-state index in [0.717, 1.165) is 33.3 Å². The molecular weight excluding hydrogens is 441 g/mol. The number of sulfonamides is 1. The molecule has 0 aliphatic rings. The normalized spacial score (nSPS) is 11.6. The predicted octanol–water partition coefficient (Wildman–Crippen LogP) is 4.13. The summed E-state index contributed by atoms with van der Waals surface area (Å²) in [6.45, 7) is 0.284. The molecule has 170 valence electrons. The van der Waals surface area contributed by atoms with Gasteiger partial charge in [-0.2, -0.15) is 0 Å². The maximum atomic E-state index is 13.9. The molecule has 0 saturated heterocycles. The first-order valence-electron chi connectivity index (χ1n) is 10.5. The van der Waals surface area contributed by atoms with Gasteiger partial charge in [0.1, 0.15) is 5.82 Å². The van der Waals surface area contributed by atoms with Gasteiger partial charge in [-0.25, -0.2) is 17.5 Å². The summed E-state index contributed by atoms with van der Waals surface area (Å²) in [5.41, 5.74) is 4.36. The lowest BCUT2D eigenvalue weighted by atomic mass is 10.0. The van der Waals surface area contributed by atoms with Crippen molar-refractivity contribution in [3.05, 3.63) is 89.7 Å². The largest absolute Gasteiger partial charge is 0.354 e. The number of hydrogen-bond acceptors (Lipinski definition) is 3. The first-order valence-corrected chi connectivity index (χ1v) is 12.0. The van der Waals surface area contributed by atoms with Crippen LogP contribution in [0.2, 0.25) is 0 Å². The second kappa shape index (κ2) is 9.56. The second-order valence-electron chi connectivity index (χ2n) is 7.66. The number of H-pyrrole nitrogens is 1. The molecule has 0 saturated carbocycles. The summed E-state index contributed by atoms with van der Waals surface area (Å²) in [5.74, 6) is -0.470. The number of rotatable bonds is 8. The van der Waals surface area contributed by atoms with Gasteiger partial charge >= 0.3 is 0 Å². The van der Waals surface area contributed by atoms with Gasteiger partial charge in [-0.1, -0.05) is 42.5 Å². The number of fused-ring (bicyclic) bond motifs is 1. The van der Waals surface area contributed by atoms with E-state index in [2.05, 4.69) is 15.0 Å². The van der Waals surface area contributed by atoms with E-state index in [1.165, 1.54) is 31.3 Å². The summed E-state index contributed by atoms with van der Waals surface area (Å²) in [5, 5.41) is 3.63. The van der Waals surface area contributed by atoms with Crippen molar-refractivity contribution < 1.29 is 17.6 Å². The Labute approximate surface area is 191 Å². The van der Waals surface area contributed by atoms with E-state index in [-0.39, 0.29) is 29.6 Å². The third kappa shape index (κ3) is 5.13. The fraction of sp³-hybridized carbons (Fsp3) is 0.160. The number of aryl methyl sites for hydroxylation is 1. The maximum absolute atomic E-state index is 13.9. The Balaban J connectivity index is 1.46. The fourth-order valence-electron chi connectivity index (χ4n) is 3.76. The molecule has 0 bridgehead atoms. The number of hydrogen-bond donors (Lipinski definition) is 3. The van der Waals surface area contributed by atoms with Crippen LogP contribution in [0.15, 0.2) is 77.7 Å². The van der Waals surface area contributed by atoms with Crippen molar-refractivity contribution in [1.29, 1.82) is 0 Å². The molecule has 6 nitrogen and oxygen atoms in total. The van der Waals surface area contributed by atoms with Crippen LogP contribution in [-0.2, 0) is 27.8 Å². The molecule has 0 spiro atoms. The van der Waals surface area contributed by atoms with Crippen LogP contribution in [0, 0.1) is 5.82 Å². The van der Waals surface area contributed by atoms with Gasteiger partial charge in [0.15, 0.2) is 0 Å². The van der Waals surface area contributed by atoms with Crippen LogP contribution in [0.4, 0.5) is 4.39 Å². The summed E-state index contributed by atoms with van der Waals surface area (Å²) in [4.78, 5) is 16.1. The predicted molar refractivity (Wildman–Crippen MR) is 127 cm³/mol. The van der Waals surface area contributed by atoms with Crippen molar-refractivity contribution in [2.75, 3.05) is 7.05 Å². The van der Waals surface area contributed by atoms with Gasteiger partial charge in [0, 0.05) is 29.6 Å². The standard InChI is InChI=1S/C25H24FN3O3S/c1-27-33(31,32)20-10-7-17(8-11-20)16-28-24(30)14-12-21-22-15-19(26)9-13-23(22)29-25(21)18-5-3-2-4-6-18/h2-11,13,15,27,29H,12,14,16H2,1H3,(H,28,30). The Morgan fingerprint density at radius 1 is 1.00 bits per heavy atom. The zero-order valence-corrected chi connectivity index (χ0v) is 18.9. The topological polar surface area (TPSA) is 91.1 Å². The van der Waals surface area contributed by atoms with E-state index in [9.17, 15) is 17.6 Å². The molecule has 0 unspecified atom stereocenters. The smallest absolute Gasteiger partial charge is 0.240 e. The van der Waals surface area contributed by atoms with Crippen molar-refractivity contribution in [3.8, 4) is 11.3 Å². The van der Waals surface area contributed by atoms with Gasteiger partial charge in [-0.15, -0.1) is 0 Å². The minimum Gasteiger partial charge on any atom is -0.354 e. The Morgan fingerprint density at radius 3 is 2.42 bits per heavy atom. The van der Waals surface area contributed by atoms with Gasteiger partial charge < -0.3 is 10.3 Å². The molecule has 33 heavy (non-hydrogen) atoms. The number of amides is 1. The van der Waals surface area contributed by atoms with Crippen molar-refractivity contribution in [1.82, 2.24) is 15.0 Å². The van der Waals surface area contributed by atoms with Crippen LogP contribution < -0.4 is 10.0 Å². The Kier molecular flexibility index (Phi) is 6.57. The quantitative estimate of drug-likeness (QED) is 0.365. The first-order chi connectivity index (χ1) is 15.9. The molecule has 1 aromatic heterocycles. The van der Waals surface area contributed by atoms with Gasteiger partial charge in [0.25, 0.3) is 0 Å². The molecule has 3 N–H and O–H groups in total. The molecule has 3 aromatic carbocycles. The van der Waals surface area contributed by atoms with Crippen LogP contribution in [0.25, 0.3) is 22.2 Å². The molecule has 4 aromatic rings. The maximum Gasteiger partial charge on any atom is 0.240 e. The van der Waals surface area contributed by atoms with Crippen LogP contribution >= 0.6 is 0 Å². The number of benzene rings is 3. The molecule has 1 amide bonds. The van der Waals surface area contributed by atoms with E-state index in [0.29, 0.717) is 6.42 Å². The highest BCUT2D eigenvalue weighted by atomic mass is 32.2. The summed E-state index contributed by atoms with van der Waals surface area (Å²) in [6.07, 6.45) is 0.675. The minimum absolute atomic E-state index is 0.147. The lowest BCUT2D eigenvalue weighted by Gasteiger charge is -2.08. The molecule has 0 atom stereocenters. The summed E-state index contributed by atoms with van der Waals surface area (Å²) < 4.78 is 39.8. The third-order valence-corrected chi connectivity index (χ3v) is 6.95. The molecule has 0 radical (unpaired) electrons. The number of halogens is 1. The van der Waals surface area contributed by atoms with Crippen LogP contribution in [0.5, 0.6) is 0 Å². The summed E-state index contributed by atoms with van der Waals surface area (Å²) in [6, 6.07) is 20.7. The summed E-state index contributed by atoms with van der Waals surface area (Å²) >= 11 is 0. The zero-order valence-electron chi connectivity index (χ0n) is 18.1. The molecule has 0 aliphatic heterocycles. The molecule has 1 heterocycles. The summed E-state index contributed by atoms with van der Waals surface area (Å²) in [7, 11) is -2.14. The highest BCUT2D eigenvalue weighted by molar-refractivity contribution is 7.89. The minimum atomic E-state index is -3.50. The SMILES string of the molecule is CNS(=O)(=O)c1ccc(CNC(=O)CCc2c(-c3ccccc3)[nH]c3ccc(F)cc23)cc1. The van der Waals surface area contributed by atoms with Crippen molar-refractivity contribution in [3.63, 3.8) is 0 Å². The van der Waals surface area contributed by atoms with E-state index < -0.39 is 10.0 Å². The van der Waals surface area contributed by atoms with E-state index in [1.807, 2.05) is 30.3 Å². The monoisotopic (exact) mass is 465 g/mol. The van der Waals surface area contributed by atoms with Gasteiger partial charge in [0.05, 0.1) is 4.90 Å². The lowest BCUT2D eigenvalue weighted by molar-refractivity contribution is -0.121. The average molecular weight is 466 g/mol. The molecule has 4 rings (SSSR count). The highest BCUT2D eigenvalue weighted by Crippen LogP contribution is 2.31. The Morgan fingerprint density at radius 2 is 1.73 bits per heavy atom. The van der Waals surface area contributed by atoms with Crippen molar-refractivity contribution >= 4 is 26.8 Å². The number of aromatic nitrogens is 1. The Hall–Kier alpha value is -3.49. The van der Waals surface area contributed by atoms with Gasteiger partial charge in [-0.05, 0) is 60.5 Å². The van der Waals surface area contributed by atoms with Crippen LogP contribution in [0.1, 0.15) is 17.5 Å². The number of carbonyl (C=O) groups is 1. The lowest BCUT2D eigenvalue weighted by Crippen LogP contribution is -2.23. The highest BCUT2D eigenvalue weighted by Gasteiger charge is 2.15. The van der Waals surface area contributed by atoms with E-state index in [1.54, 1.807) is 18.2 Å². The molecule has 0 aliphatic carbocycles. The van der Waals surface area contributed by atoms with Crippen molar-refractivity contribution in [2.24, 2.45) is 0 Å². The third-order valence-electron chi connectivity index (χ3n) is 5.52. The average Bonchev–Trinajstić information content (AvgIpc) is 3.19. The Bertz CT molecular complexity index is 1380. The van der Waals surface area contributed by atoms with Gasteiger partial charge in [0.2, 0.25) is 15.9 Å². The zero-order chi connectivity index (χ0) is 23.4. The van der Waals surface area contributed by atoms with Crippen LogP contribution in [0.3, 0.4) is 0 Å². The fourth-order valence-corrected chi connectivity index (χ4v) is 4.49. The molecule has 0 fully saturated rings. The molecule has 8 heteroatoms. The van der Waals surface area contributed by atoms with Crippen LogP contribution in [-0.4, -0.2) is 26.4 Å². The van der Waals surface area contributed by atoms with E-state index >= 15 is 0 Å². The first kappa shape index (κ1) is 22.7.